The summed E-state index contributed by atoms with van der Waals surface area (Å²) in [5, 5.41) is 3.27. The maximum atomic E-state index is 15.0. The number of benzene rings is 2. The van der Waals surface area contributed by atoms with Crippen LogP contribution in [0.15, 0.2) is 53.5 Å². The first kappa shape index (κ1) is 21.6. The van der Waals surface area contributed by atoms with Crippen molar-refractivity contribution in [3.63, 3.8) is 0 Å². The molecule has 0 radical (unpaired) electrons. The Hall–Kier alpha value is -2.29. The van der Waals surface area contributed by atoms with Gasteiger partial charge < -0.3 is 14.8 Å². The van der Waals surface area contributed by atoms with Crippen LogP contribution in [0.1, 0.15) is 35.2 Å². The molecule has 2 aromatic rings. The number of aliphatic imine (C=N–C) groups is 1. The average Bonchev–Trinajstić information content (AvgIpc) is 3.34. The summed E-state index contributed by atoms with van der Waals surface area (Å²) in [7, 11) is 0. The number of rotatable bonds is 3. The van der Waals surface area contributed by atoms with E-state index in [1.807, 2.05) is 6.07 Å². The summed E-state index contributed by atoms with van der Waals surface area (Å²) < 4.78 is 40.6. The molecule has 2 aromatic carbocycles. The summed E-state index contributed by atoms with van der Waals surface area (Å²) in [6.07, 6.45) is 2.59. The highest BCUT2D eigenvalue weighted by Crippen LogP contribution is 2.48. The second-order valence-electron chi connectivity index (χ2n) is 8.43. The van der Waals surface area contributed by atoms with E-state index in [4.69, 9.17) is 14.5 Å². The van der Waals surface area contributed by atoms with Crippen molar-refractivity contribution in [2.75, 3.05) is 19.0 Å². The molecule has 168 valence electrons. The quantitative estimate of drug-likeness (QED) is 0.746. The fraction of sp³-hybridized carbons (Fsp3) is 0.417. The number of nitrogens with one attached hydrogen (secondary N) is 1. The van der Waals surface area contributed by atoms with Crippen LogP contribution in [0.4, 0.5) is 8.78 Å². The van der Waals surface area contributed by atoms with E-state index in [9.17, 15) is 13.6 Å². The third-order valence-corrected chi connectivity index (χ3v) is 7.50. The normalized spacial score (nSPS) is 29.8. The zero-order valence-corrected chi connectivity index (χ0v) is 18.2. The van der Waals surface area contributed by atoms with Gasteiger partial charge in [-0.2, -0.15) is 0 Å². The van der Waals surface area contributed by atoms with Crippen LogP contribution in [-0.4, -0.2) is 42.2 Å². The number of fused-ring (bicyclic) bond motifs is 1. The Balaban J connectivity index is 1.47. The van der Waals surface area contributed by atoms with Crippen molar-refractivity contribution in [1.29, 1.82) is 0 Å². The highest BCUT2D eigenvalue weighted by atomic mass is 32.2. The minimum absolute atomic E-state index is 0.0345. The Morgan fingerprint density at radius 2 is 1.97 bits per heavy atom. The van der Waals surface area contributed by atoms with Gasteiger partial charge >= 0.3 is 0 Å². The van der Waals surface area contributed by atoms with Gasteiger partial charge in [0.2, 0.25) is 0 Å². The standard InChI is InChI=1S/C24H24F2N2O3S/c25-17-8-9-18(19(26)12-17)24-14-31-21(20-7-4-10-30-20)11-16(24)13-32-23(28-24)27-22(29)15-5-2-1-3-6-15/h1-3,5-6,8-9,12,16,20-21H,4,7,10-11,13-14H2,(H,27,28,29). The Morgan fingerprint density at radius 1 is 1.12 bits per heavy atom. The van der Waals surface area contributed by atoms with E-state index in [2.05, 4.69) is 5.32 Å². The van der Waals surface area contributed by atoms with E-state index in [1.165, 1.54) is 23.9 Å². The molecule has 8 heteroatoms. The van der Waals surface area contributed by atoms with Crippen molar-refractivity contribution in [2.45, 2.75) is 37.0 Å². The molecule has 3 aliphatic heterocycles. The van der Waals surface area contributed by atoms with Crippen LogP contribution in [0.2, 0.25) is 0 Å². The van der Waals surface area contributed by atoms with Gasteiger partial charge in [0.05, 0.1) is 18.8 Å². The molecule has 4 unspecified atom stereocenters. The van der Waals surface area contributed by atoms with Crippen LogP contribution in [0.5, 0.6) is 0 Å². The van der Waals surface area contributed by atoms with E-state index >= 15 is 0 Å². The molecular weight excluding hydrogens is 434 g/mol. The highest BCUT2D eigenvalue weighted by molar-refractivity contribution is 8.13. The van der Waals surface area contributed by atoms with Gasteiger partial charge in [0.1, 0.15) is 17.2 Å². The predicted octanol–water partition coefficient (Wildman–Crippen LogP) is 4.28. The van der Waals surface area contributed by atoms with Crippen LogP contribution in [0, 0.1) is 17.6 Å². The van der Waals surface area contributed by atoms with Gasteiger partial charge in [-0.25, -0.2) is 13.8 Å². The lowest BCUT2D eigenvalue weighted by Gasteiger charge is -2.47. The lowest BCUT2D eigenvalue weighted by molar-refractivity contribution is -0.113. The molecule has 5 rings (SSSR count). The molecule has 3 heterocycles. The minimum Gasteiger partial charge on any atom is -0.376 e. The van der Waals surface area contributed by atoms with Gasteiger partial charge in [-0.3, -0.25) is 4.79 Å². The van der Waals surface area contributed by atoms with E-state index in [-0.39, 0.29) is 30.6 Å². The number of nitrogens with zero attached hydrogens (tertiary/aromatic N) is 1. The van der Waals surface area contributed by atoms with Gasteiger partial charge in [-0.15, -0.1) is 0 Å². The monoisotopic (exact) mass is 458 g/mol. The summed E-state index contributed by atoms with van der Waals surface area (Å²) in [5.74, 6) is -0.970. The number of halogens is 2. The molecule has 4 atom stereocenters. The largest absolute Gasteiger partial charge is 0.376 e. The molecular formula is C24H24F2N2O3S. The van der Waals surface area contributed by atoms with Crippen LogP contribution in [0.25, 0.3) is 0 Å². The summed E-state index contributed by atoms with van der Waals surface area (Å²) in [6, 6.07) is 12.4. The van der Waals surface area contributed by atoms with Gasteiger partial charge in [0.15, 0.2) is 5.17 Å². The molecule has 2 saturated heterocycles. The second-order valence-corrected chi connectivity index (χ2v) is 9.44. The Labute approximate surface area is 189 Å². The van der Waals surface area contributed by atoms with E-state index in [0.29, 0.717) is 28.5 Å². The predicted molar refractivity (Wildman–Crippen MR) is 119 cm³/mol. The lowest BCUT2D eigenvalue weighted by atomic mass is 9.74. The van der Waals surface area contributed by atoms with Crippen LogP contribution >= 0.6 is 11.8 Å². The first-order valence-electron chi connectivity index (χ1n) is 10.8. The molecule has 1 amide bonds. The fourth-order valence-corrected chi connectivity index (χ4v) is 5.96. The first-order chi connectivity index (χ1) is 15.5. The number of carbonyl (C=O) groups excluding carboxylic acids is 1. The van der Waals surface area contributed by atoms with Crippen molar-refractivity contribution in [3.8, 4) is 0 Å². The topological polar surface area (TPSA) is 59.9 Å². The molecule has 32 heavy (non-hydrogen) atoms. The second kappa shape index (κ2) is 8.92. The maximum Gasteiger partial charge on any atom is 0.257 e. The van der Waals surface area contributed by atoms with E-state index in [0.717, 1.165) is 25.5 Å². The fourth-order valence-electron chi connectivity index (χ4n) is 4.79. The molecule has 0 aliphatic carbocycles. The van der Waals surface area contributed by atoms with Crippen molar-refractivity contribution in [1.82, 2.24) is 5.32 Å². The number of ether oxygens (including phenoxy) is 2. The maximum absolute atomic E-state index is 15.0. The number of hydrogen-bond acceptors (Lipinski definition) is 5. The van der Waals surface area contributed by atoms with E-state index < -0.39 is 17.2 Å². The zero-order chi connectivity index (χ0) is 22.1. The van der Waals surface area contributed by atoms with E-state index in [1.54, 1.807) is 24.3 Å². The average molecular weight is 459 g/mol. The summed E-state index contributed by atoms with van der Waals surface area (Å²) in [5.41, 5.74) is -0.225. The third-order valence-electron chi connectivity index (χ3n) is 6.47. The number of thioether (sulfide) groups is 1. The van der Waals surface area contributed by atoms with Crippen molar-refractivity contribution in [3.05, 3.63) is 71.3 Å². The highest BCUT2D eigenvalue weighted by Gasteiger charge is 2.51. The lowest BCUT2D eigenvalue weighted by Crippen LogP contribution is -2.53. The molecule has 3 aliphatic rings. The van der Waals surface area contributed by atoms with Crippen LogP contribution in [-0.2, 0) is 15.0 Å². The van der Waals surface area contributed by atoms with Crippen LogP contribution in [0.3, 0.4) is 0 Å². The molecule has 0 bridgehead atoms. The first-order valence-corrected chi connectivity index (χ1v) is 11.8. The summed E-state index contributed by atoms with van der Waals surface area (Å²) in [6.45, 7) is 0.880. The van der Waals surface area contributed by atoms with Gasteiger partial charge in [-0.1, -0.05) is 36.0 Å². The molecule has 1 N–H and O–H groups in total. The third kappa shape index (κ3) is 4.07. The molecule has 2 fully saturated rings. The zero-order valence-electron chi connectivity index (χ0n) is 17.4. The Bertz CT molecular complexity index is 1030. The smallest absolute Gasteiger partial charge is 0.257 e. The molecule has 0 aromatic heterocycles. The summed E-state index contributed by atoms with van der Waals surface area (Å²) in [4.78, 5) is 17.5. The number of hydrogen-bond donors (Lipinski definition) is 1. The molecule has 0 spiro atoms. The minimum atomic E-state index is -1.03. The van der Waals surface area contributed by atoms with Crippen molar-refractivity contribution < 1.29 is 23.0 Å². The SMILES string of the molecule is O=C(NC1=NC2(c3ccc(F)cc3F)COC(C3CCCO3)CC2CS1)c1ccccc1. The Morgan fingerprint density at radius 3 is 2.72 bits per heavy atom. The van der Waals surface area contributed by atoms with Crippen LogP contribution < -0.4 is 5.32 Å². The molecule has 5 nitrogen and oxygen atoms in total. The van der Waals surface area contributed by atoms with Crippen molar-refractivity contribution in [2.24, 2.45) is 10.9 Å². The Kier molecular flexibility index (Phi) is 6.01. The molecule has 0 saturated carbocycles. The van der Waals surface area contributed by atoms with Gasteiger partial charge in [0, 0.05) is 35.5 Å². The number of amidine groups is 1. The summed E-state index contributed by atoms with van der Waals surface area (Å²) >= 11 is 1.44. The number of carbonyl (C=O) groups is 1. The number of amides is 1. The van der Waals surface area contributed by atoms with Gasteiger partial charge in [0.25, 0.3) is 5.91 Å². The van der Waals surface area contributed by atoms with Crippen molar-refractivity contribution >= 4 is 22.8 Å². The van der Waals surface area contributed by atoms with Gasteiger partial charge in [-0.05, 0) is 37.5 Å².